The summed E-state index contributed by atoms with van der Waals surface area (Å²) in [4.78, 5) is 4.33. The fourth-order valence-corrected chi connectivity index (χ4v) is 1.42. The molecule has 0 aliphatic carbocycles. The number of thiocarbonyl (C=S) groups is 1. The maximum absolute atomic E-state index is 5.60. The first-order valence-electron chi connectivity index (χ1n) is 4.89. The van der Waals surface area contributed by atoms with Crippen molar-refractivity contribution < 1.29 is 4.74 Å². The van der Waals surface area contributed by atoms with E-state index < -0.39 is 0 Å². The van der Waals surface area contributed by atoms with Gasteiger partial charge in [0.15, 0.2) is 5.75 Å². The van der Waals surface area contributed by atoms with E-state index in [1.807, 2.05) is 6.92 Å². The van der Waals surface area contributed by atoms with Crippen LogP contribution in [0.15, 0.2) is 30.6 Å². The molecule has 0 atom stereocenters. The predicted molar refractivity (Wildman–Crippen MR) is 67.0 cm³/mol. The van der Waals surface area contributed by atoms with Gasteiger partial charge in [0, 0.05) is 6.20 Å². The van der Waals surface area contributed by atoms with Crippen molar-refractivity contribution in [3.8, 4) is 11.6 Å². The van der Waals surface area contributed by atoms with Gasteiger partial charge >= 0.3 is 0 Å². The zero-order valence-corrected chi connectivity index (χ0v) is 9.94. The lowest BCUT2D eigenvalue weighted by molar-refractivity contribution is 0.448. The molecule has 2 aromatic heterocycles. The van der Waals surface area contributed by atoms with E-state index in [1.165, 1.54) is 6.20 Å². The lowest BCUT2D eigenvalue weighted by atomic mass is 10.3. The molecule has 0 saturated heterocycles. The normalized spacial score (nSPS) is 9.94. The van der Waals surface area contributed by atoms with Crippen LogP contribution in [0.5, 0.6) is 11.6 Å². The molecule has 0 aliphatic rings. The standard InChI is InChI=1S/C11H10N4OS/c1-7-9(3-2-5-13-7)16-11-8(10(12)17)4-6-14-15-11/h2-6H,1H3,(H2,12,17). The number of ether oxygens (including phenoxy) is 1. The average Bonchev–Trinajstić information content (AvgIpc) is 2.32. The van der Waals surface area contributed by atoms with Crippen LogP contribution in [0.3, 0.4) is 0 Å². The molecule has 86 valence electrons. The van der Waals surface area contributed by atoms with Crippen molar-refractivity contribution in [1.29, 1.82) is 0 Å². The van der Waals surface area contributed by atoms with Gasteiger partial charge in [-0.3, -0.25) is 4.98 Å². The highest BCUT2D eigenvalue weighted by Crippen LogP contribution is 2.23. The highest BCUT2D eigenvalue weighted by Gasteiger charge is 2.10. The van der Waals surface area contributed by atoms with Gasteiger partial charge in [-0.15, -0.1) is 5.10 Å². The van der Waals surface area contributed by atoms with Gasteiger partial charge in [-0.1, -0.05) is 12.2 Å². The Kier molecular flexibility index (Phi) is 3.24. The van der Waals surface area contributed by atoms with E-state index in [0.29, 0.717) is 11.3 Å². The zero-order chi connectivity index (χ0) is 12.3. The van der Waals surface area contributed by atoms with Gasteiger partial charge in [-0.2, -0.15) is 5.10 Å². The van der Waals surface area contributed by atoms with Crippen molar-refractivity contribution >= 4 is 17.2 Å². The third kappa shape index (κ3) is 2.54. The Morgan fingerprint density at radius 2 is 2.18 bits per heavy atom. The fraction of sp³-hybridized carbons (Fsp3) is 0.0909. The molecule has 0 aliphatic heterocycles. The number of aromatic nitrogens is 3. The van der Waals surface area contributed by atoms with Crippen LogP contribution >= 0.6 is 12.2 Å². The molecule has 2 N–H and O–H groups in total. The maximum atomic E-state index is 5.60. The second kappa shape index (κ2) is 4.84. The SMILES string of the molecule is Cc1ncccc1Oc1nnccc1C(N)=S. The van der Waals surface area contributed by atoms with Crippen LogP contribution < -0.4 is 10.5 Å². The molecule has 0 saturated carbocycles. The lowest BCUT2D eigenvalue weighted by Gasteiger charge is -2.08. The van der Waals surface area contributed by atoms with Crippen molar-refractivity contribution in [2.45, 2.75) is 6.92 Å². The number of hydrogen-bond acceptors (Lipinski definition) is 5. The lowest BCUT2D eigenvalue weighted by Crippen LogP contribution is -2.12. The molecule has 6 heteroatoms. The monoisotopic (exact) mass is 246 g/mol. The van der Waals surface area contributed by atoms with Crippen molar-refractivity contribution in [1.82, 2.24) is 15.2 Å². The summed E-state index contributed by atoms with van der Waals surface area (Å²) in [6.07, 6.45) is 3.20. The topological polar surface area (TPSA) is 73.9 Å². The molecular weight excluding hydrogens is 236 g/mol. The van der Waals surface area contributed by atoms with Crippen LogP contribution in [0, 0.1) is 6.92 Å². The molecule has 2 aromatic rings. The van der Waals surface area contributed by atoms with Gasteiger partial charge in [0.1, 0.15) is 4.99 Å². The van der Waals surface area contributed by atoms with Crippen molar-refractivity contribution in [3.05, 3.63) is 41.9 Å². The minimum absolute atomic E-state index is 0.219. The van der Waals surface area contributed by atoms with E-state index in [4.69, 9.17) is 22.7 Å². The van der Waals surface area contributed by atoms with Crippen LogP contribution in [0.2, 0.25) is 0 Å². The third-order valence-corrected chi connectivity index (χ3v) is 2.34. The van der Waals surface area contributed by atoms with E-state index in [9.17, 15) is 0 Å². The molecule has 0 radical (unpaired) electrons. The minimum Gasteiger partial charge on any atom is -0.435 e. The van der Waals surface area contributed by atoms with E-state index in [1.54, 1.807) is 24.4 Å². The summed E-state index contributed by atoms with van der Waals surface area (Å²) < 4.78 is 5.60. The Morgan fingerprint density at radius 1 is 1.35 bits per heavy atom. The highest BCUT2D eigenvalue weighted by molar-refractivity contribution is 7.80. The molecule has 2 heterocycles. The smallest absolute Gasteiger partial charge is 0.249 e. The summed E-state index contributed by atoms with van der Waals surface area (Å²) in [7, 11) is 0. The van der Waals surface area contributed by atoms with Crippen molar-refractivity contribution in [3.63, 3.8) is 0 Å². The Bertz CT molecular complexity index is 559. The molecule has 5 nitrogen and oxygen atoms in total. The van der Waals surface area contributed by atoms with Crippen LogP contribution in [-0.4, -0.2) is 20.2 Å². The summed E-state index contributed by atoms with van der Waals surface area (Å²) in [5.41, 5.74) is 6.88. The number of pyridine rings is 1. The van der Waals surface area contributed by atoms with Crippen LogP contribution in [0.1, 0.15) is 11.3 Å². The Morgan fingerprint density at radius 3 is 2.88 bits per heavy atom. The van der Waals surface area contributed by atoms with Gasteiger partial charge in [-0.25, -0.2) is 0 Å². The van der Waals surface area contributed by atoms with E-state index in [-0.39, 0.29) is 10.9 Å². The Hall–Kier alpha value is -2.08. The summed E-state index contributed by atoms with van der Waals surface area (Å²) in [5.74, 6) is 0.890. The molecule has 0 aromatic carbocycles. The second-order valence-electron chi connectivity index (χ2n) is 3.30. The first-order valence-corrected chi connectivity index (χ1v) is 5.30. The molecule has 17 heavy (non-hydrogen) atoms. The molecule has 0 amide bonds. The highest BCUT2D eigenvalue weighted by atomic mass is 32.1. The molecule has 0 unspecified atom stereocenters. The van der Waals surface area contributed by atoms with Gasteiger partial charge in [0.25, 0.3) is 0 Å². The molecule has 0 bridgehead atoms. The van der Waals surface area contributed by atoms with Gasteiger partial charge in [-0.05, 0) is 25.1 Å². The van der Waals surface area contributed by atoms with Crippen LogP contribution in [0.25, 0.3) is 0 Å². The van der Waals surface area contributed by atoms with Crippen molar-refractivity contribution in [2.24, 2.45) is 5.73 Å². The Labute approximate surface area is 104 Å². The fourth-order valence-electron chi connectivity index (χ4n) is 1.26. The van der Waals surface area contributed by atoms with E-state index >= 15 is 0 Å². The quantitative estimate of drug-likeness (QED) is 0.829. The summed E-state index contributed by atoms with van der Waals surface area (Å²) in [5, 5.41) is 7.61. The summed E-state index contributed by atoms with van der Waals surface area (Å²) in [6, 6.07) is 5.23. The largest absolute Gasteiger partial charge is 0.435 e. The van der Waals surface area contributed by atoms with Crippen LogP contribution in [0.4, 0.5) is 0 Å². The van der Waals surface area contributed by atoms with Gasteiger partial charge in [0.05, 0.1) is 17.5 Å². The molecular formula is C11H10N4OS. The molecule has 2 rings (SSSR count). The third-order valence-electron chi connectivity index (χ3n) is 2.12. The Balaban J connectivity index is 2.37. The van der Waals surface area contributed by atoms with Crippen LogP contribution in [-0.2, 0) is 0 Å². The first-order chi connectivity index (χ1) is 8.18. The predicted octanol–water partition coefficient (Wildman–Crippen LogP) is 1.61. The van der Waals surface area contributed by atoms with Crippen molar-refractivity contribution in [2.75, 3.05) is 0 Å². The number of nitrogens with zero attached hydrogens (tertiary/aromatic N) is 3. The van der Waals surface area contributed by atoms with Gasteiger partial charge in [0.2, 0.25) is 5.88 Å². The summed E-state index contributed by atoms with van der Waals surface area (Å²) >= 11 is 4.91. The van der Waals surface area contributed by atoms with E-state index in [2.05, 4.69) is 15.2 Å². The maximum Gasteiger partial charge on any atom is 0.249 e. The molecule has 0 fully saturated rings. The summed E-state index contributed by atoms with van der Waals surface area (Å²) in [6.45, 7) is 1.84. The first kappa shape index (κ1) is 11.4. The minimum atomic E-state index is 0.219. The second-order valence-corrected chi connectivity index (χ2v) is 3.74. The zero-order valence-electron chi connectivity index (χ0n) is 9.12. The number of hydrogen-bond donors (Lipinski definition) is 1. The van der Waals surface area contributed by atoms with Gasteiger partial charge < -0.3 is 10.5 Å². The number of nitrogens with two attached hydrogens (primary N) is 1. The van der Waals surface area contributed by atoms with E-state index in [0.717, 1.165) is 5.69 Å². The number of rotatable bonds is 3. The number of aryl methyl sites for hydroxylation is 1. The average molecular weight is 246 g/mol. The molecule has 0 spiro atoms.